The summed E-state index contributed by atoms with van der Waals surface area (Å²) in [6, 6.07) is 24.1. The van der Waals surface area contributed by atoms with E-state index >= 15 is 0 Å². The number of aliphatic hydroxyl groups is 1. The van der Waals surface area contributed by atoms with Crippen molar-refractivity contribution in [2.45, 2.75) is 45.8 Å². The monoisotopic (exact) mass is 444 g/mol. The lowest BCUT2D eigenvalue weighted by Crippen LogP contribution is -2.57. The van der Waals surface area contributed by atoms with Crippen molar-refractivity contribution in [1.29, 1.82) is 0 Å². The smallest absolute Gasteiger partial charge is 0.235 e. The van der Waals surface area contributed by atoms with E-state index in [1.165, 1.54) is 13.8 Å². The molecule has 0 bridgehead atoms. The number of hydrogen-bond donors (Lipinski definition) is 3. The minimum absolute atomic E-state index is 0.347. The molecule has 0 spiro atoms. The zero-order valence-corrected chi connectivity index (χ0v) is 19.6. The molecule has 0 heterocycles. The topological polar surface area (TPSA) is 92.4 Å². The van der Waals surface area contributed by atoms with Gasteiger partial charge in [-0.25, -0.2) is 0 Å². The normalized spacial score (nSPS) is 12.8. The van der Waals surface area contributed by atoms with Gasteiger partial charge in [0.05, 0.1) is 6.04 Å². The van der Waals surface area contributed by atoms with Crippen molar-refractivity contribution in [2.75, 3.05) is 0 Å². The lowest BCUT2D eigenvalue weighted by molar-refractivity contribution is -0.141. The highest BCUT2D eigenvalue weighted by atomic mass is 16.3. The quantitative estimate of drug-likeness (QED) is 0.462. The van der Waals surface area contributed by atoms with Crippen molar-refractivity contribution in [1.82, 2.24) is 5.32 Å². The van der Waals surface area contributed by atoms with E-state index in [1.54, 1.807) is 0 Å². The van der Waals surface area contributed by atoms with Gasteiger partial charge < -0.3 is 16.2 Å². The molecular formula is C28H32N2O3. The number of carbonyl (C=O) groups is 2. The van der Waals surface area contributed by atoms with Crippen molar-refractivity contribution in [3.8, 4) is 0 Å². The zero-order valence-electron chi connectivity index (χ0n) is 19.6. The molecule has 0 radical (unpaired) electrons. The van der Waals surface area contributed by atoms with Crippen LogP contribution in [-0.4, -0.2) is 23.0 Å². The van der Waals surface area contributed by atoms with Crippen LogP contribution in [0.3, 0.4) is 0 Å². The average molecular weight is 445 g/mol. The largest absolute Gasteiger partial charge is 0.378 e. The fourth-order valence-electron chi connectivity index (χ4n) is 3.79. The minimum Gasteiger partial charge on any atom is -0.378 e. The molecule has 0 aliphatic carbocycles. The molecule has 5 heteroatoms. The van der Waals surface area contributed by atoms with Crippen LogP contribution in [0.15, 0.2) is 78.9 Å². The number of nitrogens with two attached hydrogens (primary N) is 1. The maximum Gasteiger partial charge on any atom is 0.235 e. The third-order valence-corrected chi connectivity index (χ3v) is 6.26. The molecule has 0 aliphatic heterocycles. The summed E-state index contributed by atoms with van der Waals surface area (Å²) in [4.78, 5) is 25.2. The first-order valence-electron chi connectivity index (χ1n) is 11.1. The van der Waals surface area contributed by atoms with Gasteiger partial charge in [-0.15, -0.1) is 0 Å². The first-order chi connectivity index (χ1) is 15.5. The van der Waals surface area contributed by atoms with Crippen molar-refractivity contribution in [3.63, 3.8) is 0 Å². The number of carbonyl (C=O) groups excluding carboxylic acids is 2. The Kier molecular flexibility index (Phi) is 7.04. The lowest BCUT2D eigenvalue weighted by Gasteiger charge is -2.39. The fourth-order valence-corrected chi connectivity index (χ4v) is 3.79. The average Bonchev–Trinajstić information content (AvgIpc) is 2.79. The SMILES string of the molecule is Cc1ccc(C(O)(c2ccc(C)cc2)[C@@H](Cc2ccccc2)NC(=O)C(C)(C)C(N)=O)cc1. The molecule has 3 aromatic rings. The summed E-state index contributed by atoms with van der Waals surface area (Å²) in [7, 11) is 0. The first kappa shape index (κ1) is 24.2. The van der Waals surface area contributed by atoms with Gasteiger partial charge >= 0.3 is 0 Å². The number of aryl methyl sites for hydroxylation is 2. The van der Waals surface area contributed by atoms with E-state index in [0.29, 0.717) is 17.5 Å². The van der Waals surface area contributed by atoms with Gasteiger partial charge in [-0.2, -0.15) is 0 Å². The van der Waals surface area contributed by atoms with E-state index in [-0.39, 0.29) is 0 Å². The summed E-state index contributed by atoms with van der Waals surface area (Å²) >= 11 is 0. The van der Waals surface area contributed by atoms with Crippen LogP contribution in [0, 0.1) is 19.3 Å². The fraction of sp³-hybridized carbons (Fsp3) is 0.286. The third-order valence-electron chi connectivity index (χ3n) is 6.26. The Morgan fingerprint density at radius 1 is 0.848 bits per heavy atom. The van der Waals surface area contributed by atoms with Crippen molar-refractivity contribution >= 4 is 11.8 Å². The predicted molar refractivity (Wildman–Crippen MR) is 130 cm³/mol. The van der Waals surface area contributed by atoms with Crippen LogP contribution in [0.5, 0.6) is 0 Å². The number of amides is 2. The van der Waals surface area contributed by atoms with Crippen LogP contribution < -0.4 is 11.1 Å². The highest BCUT2D eigenvalue weighted by Crippen LogP contribution is 2.36. The second-order valence-corrected chi connectivity index (χ2v) is 9.20. The third kappa shape index (κ3) is 5.15. The predicted octanol–water partition coefficient (Wildman–Crippen LogP) is 3.78. The standard InChI is InChI=1S/C28H32N2O3/c1-19-10-14-22(15-11-19)28(33,23-16-12-20(2)13-17-23)24(18-21-8-6-5-7-9-21)30-26(32)27(3,4)25(29)31/h5-17,24,33H,18H2,1-4H3,(H2,29,31)(H,30,32)/t24-/m1/s1. The van der Waals surface area contributed by atoms with Gasteiger partial charge in [-0.05, 0) is 50.8 Å². The van der Waals surface area contributed by atoms with Crippen LogP contribution in [0.1, 0.15) is 41.7 Å². The van der Waals surface area contributed by atoms with Gasteiger partial charge in [0.2, 0.25) is 11.8 Å². The van der Waals surface area contributed by atoms with Crippen LogP contribution >= 0.6 is 0 Å². The summed E-state index contributed by atoms with van der Waals surface area (Å²) in [5.41, 5.74) is 6.87. The van der Waals surface area contributed by atoms with Gasteiger partial charge in [-0.1, -0.05) is 90.0 Å². The Bertz CT molecular complexity index is 1060. The summed E-state index contributed by atoms with van der Waals surface area (Å²) < 4.78 is 0. The molecule has 0 saturated carbocycles. The number of rotatable bonds is 8. The molecule has 0 aromatic heterocycles. The van der Waals surface area contributed by atoms with Gasteiger partial charge in [0.25, 0.3) is 0 Å². The molecule has 0 saturated heterocycles. The highest BCUT2D eigenvalue weighted by molar-refractivity contribution is 6.03. The second-order valence-electron chi connectivity index (χ2n) is 9.20. The Hall–Kier alpha value is -3.44. The van der Waals surface area contributed by atoms with E-state index in [2.05, 4.69) is 5.32 Å². The number of primary amides is 1. The lowest BCUT2D eigenvalue weighted by atomic mass is 9.76. The Labute approximate surface area is 195 Å². The Balaban J connectivity index is 2.17. The summed E-state index contributed by atoms with van der Waals surface area (Å²) in [6.07, 6.45) is 0.347. The van der Waals surface area contributed by atoms with Gasteiger partial charge in [0.1, 0.15) is 11.0 Å². The second kappa shape index (κ2) is 9.59. The molecule has 172 valence electrons. The number of hydrogen-bond acceptors (Lipinski definition) is 3. The molecule has 0 aliphatic rings. The van der Waals surface area contributed by atoms with Crippen molar-refractivity contribution in [2.24, 2.45) is 11.1 Å². The molecule has 3 aromatic carbocycles. The molecule has 33 heavy (non-hydrogen) atoms. The van der Waals surface area contributed by atoms with Crippen LogP contribution in [-0.2, 0) is 21.6 Å². The van der Waals surface area contributed by atoms with E-state index in [1.807, 2.05) is 92.7 Å². The summed E-state index contributed by atoms with van der Waals surface area (Å²) in [5, 5.41) is 15.3. The van der Waals surface area contributed by atoms with Crippen molar-refractivity contribution in [3.05, 3.63) is 107 Å². The van der Waals surface area contributed by atoms with E-state index in [9.17, 15) is 14.7 Å². The van der Waals surface area contributed by atoms with Gasteiger partial charge in [0, 0.05) is 0 Å². The summed E-state index contributed by atoms with van der Waals surface area (Å²) in [5.74, 6) is -1.26. The van der Waals surface area contributed by atoms with Gasteiger partial charge in [-0.3, -0.25) is 9.59 Å². The van der Waals surface area contributed by atoms with Crippen molar-refractivity contribution < 1.29 is 14.7 Å². The minimum atomic E-state index is -1.55. The molecule has 4 N–H and O–H groups in total. The molecular weight excluding hydrogens is 412 g/mol. The van der Waals surface area contributed by atoms with Crippen LogP contribution in [0.25, 0.3) is 0 Å². The van der Waals surface area contributed by atoms with Crippen LogP contribution in [0.4, 0.5) is 0 Å². The number of nitrogens with one attached hydrogen (secondary N) is 1. The maximum atomic E-state index is 13.2. The Morgan fingerprint density at radius 3 is 1.73 bits per heavy atom. The maximum absolute atomic E-state index is 13.2. The molecule has 3 rings (SSSR count). The molecule has 0 fully saturated rings. The first-order valence-corrected chi connectivity index (χ1v) is 11.1. The molecule has 0 unspecified atom stereocenters. The van der Waals surface area contributed by atoms with E-state index in [4.69, 9.17) is 5.73 Å². The molecule has 2 amide bonds. The highest BCUT2D eigenvalue weighted by Gasteiger charge is 2.44. The molecule has 1 atom stereocenters. The van der Waals surface area contributed by atoms with E-state index < -0.39 is 28.9 Å². The van der Waals surface area contributed by atoms with E-state index in [0.717, 1.165) is 16.7 Å². The molecule has 5 nitrogen and oxygen atoms in total. The summed E-state index contributed by atoms with van der Waals surface area (Å²) in [6.45, 7) is 6.93. The zero-order chi connectivity index (χ0) is 24.2. The number of benzene rings is 3. The van der Waals surface area contributed by atoms with Gasteiger partial charge in [0.15, 0.2) is 0 Å². The Morgan fingerprint density at radius 2 is 1.30 bits per heavy atom. The van der Waals surface area contributed by atoms with Crippen LogP contribution in [0.2, 0.25) is 0 Å².